The first-order valence-corrected chi connectivity index (χ1v) is 9.27. The second-order valence-corrected chi connectivity index (χ2v) is 6.71. The van der Waals surface area contributed by atoms with Crippen LogP contribution in [0.25, 0.3) is 0 Å². The van der Waals surface area contributed by atoms with E-state index < -0.39 is 5.97 Å². The topological polar surface area (TPSA) is 123 Å². The third-order valence-electron chi connectivity index (χ3n) is 4.36. The fraction of sp³-hybridized carbons (Fsp3) is 0.421. The van der Waals surface area contributed by atoms with Crippen LogP contribution < -0.4 is 11.1 Å². The SMILES string of the molecule is Cc1ccc(Nc2nc(N)nc(COC(=O)CN3CCCCCC3=O)n2)cc1. The molecule has 1 aliphatic rings. The summed E-state index contributed by atoms with van der Waals surface area (Å²) < 4.78 is 5.23. The van der Waals surface area contributed by atoms with Gasteiger partial charge in [0.2, 0.25) is 17.8 Å². The lowest BCUT2D eigenvalue weighted by Gasteiger charge is -2.19. The number of nitrogens with two attached hydrogens (primary N) is 1. The van der Waals surface area contributed by atoms with E-state index in [0.717, 1.165) is 30.5 Å². The average Bonchev–Trinajstić information content (AvgIpc) is 2.86. The molecule has 1 aliphatic heterocycles. The summed E-state index contributed by atoms with van der Waals surface area (Å²) in [6, 6.07) is 7.71. The van der Waals surface area contributed by atoms with Gasteiger partial charge in [-0.25, -0.2) is 0 Å². The Morgan fingerprint density at radius 3 is 2.75 bits per heavy atom. The molecule has 2 heterocycles. The average molecular weight is 384 g/mol. The summed E-state index contributed by atoms with van der Waals surface area (Å²) in [5.74, 6) is 0.0202. The second kappa shape index (κ2) is 9.12. The molecular formula is C19H24N6O3. The lowest BCUT2D eigenvalue weighted by Crippen LogP contribution is -2.36. The van der Waals surface area contributed by atoms with Crippen molar-refractivity contribution in [1.82, 2.24) is 19.9 Å². The molecule has 0 atom stereocenters. The number of hydrogen-bond acceptors (Lipinski definition) is 8. The second-order valence-electron chi connectivity index (χ2n) is 6.71. The zero-order chi connectivity index (χ0) is 19.9. The Labute approximate surface area is 163 Å². The van der Waals surface area contributed by atoms with Gasteiger partial charge < -0.3 is 20.7 Å². The molecule has 0 aliphatic carbocycles. The van der Waals surface area contributed by atoms with Crippen LogP contribution >= 0.6 is 0 Å². The number of benzene rings is 1. The highest BCUT2D eigenvalue weighted by Gasteiger charge is 2.20. The summed E-state index contributed by atoms with van der Waals surface area (Å²) >= 11 is 0. The van der Waals surface area contributed by atoms with Crippen LogP contribution in [0.15, 0.2) is 24.3 Å². The molecule has 28 heavy (non-hydrogen) atoms. The van der Waals surface area contributed by atoms with Gasteiger partial charge in [-0.2, -0.15) is 15.0 Å². The van der Waals surface area contributed by atoms with E-state index in [1.54, 1.807) is 4.90 Å². The minimum absolute atomic E-state index is 0.0107. The molecule has 0 saturated carbocycles. The zero-order valence-electron chi connectivity index (χ0n) is 15.9. The van der Waals surface area contributed by atoms with Gasteiger partial charge in [-0.15, -0.1) is 0 Å². The normalized spacial score (nSPS) is 14.5. The molecule has 1 aromatic heterocycles. The number of ether oxygens (including phenoxy) is 1. The molecule has 0 unspecified atom stereocenters. The lowest BCUT2D eigenvalue weighted by molar-refractivity contribution is -0.150. The van der Waals surface area contributed by atoms with Gasteiger partial charge in [0.25, 0.3) is 0 Å². The van der Waals surface area contributed by atoms with Crippen LogP contribution in [0, 0.1) is 6.92 Å². The number of amides is 1. The molecule has 0 radical (unpaired) electrons. The standard InChI is InChI=1S/C19H24N6O3/c1-13-6-8-14(9-7-13)21-19-23-15(22-18(20)24-19)12-28-17(27)11-25-10-4-2-3-5-16(25)26/h6-9H,2-5,10-12H2,1H3,(H3,20,21,22,23,24). The summed E-state index contributed by atoms with van der Waals surface area (Å²) in [6.45, 7) is 2.37. The van der Waals surface area contributed by atoms with Crippen molar-refractivity contribution < 1.29 is 14.3 Å². The maximum atomic E-state index is 12.1. The number of aryl methyl sites for hydroxylation is 1. The molecule has 1 saturated heterocycles. The van der Waals surface area contributed by atoms with E-state index in [2.05, 4.69) is 20.3 Å². The quantitative estimate of drug-likeness (QED) is 0.725. The first-order valence-electron chi connectivity index (χ1n) is 9.27. The van der Waals surface area contributed by atoms with Crippen LogP contribution in [0.4, 0.5) is 17.6 Å². The van der Waals surface area contributed by atoms with E-state index in [-0.39, 0.29) is 36.8 Å². The first-order chi connectivity index (χ1) is 13.5. The number of esters is 1. The zero-order valence-corrected chi connectivity index (χ0v) is 15.9. The maximum Gasteiger partial charge on any atom is 0.326 e. The maximum absolute atomic E-state index is 12.1. The van der Waals surface area contributed by atoms with Gasteiger partial charge in [0.15, 0.2) is 12.4 Å². The van der Waals surface area contributed by atoms with Gasteiger partial charge in [-0.3, -0.25) is 9.59 Å². The minimum atomic E-state index is -0.498. The third kappa shape index (κ3) is 5.63. The molecule has 2 aromatic rings. The van der Waals surface area contributed by atoms with Gasteiger partial charge in [0, 0.05) is 18.7 Å². The van der Waals surface area contributed by atoms with Crippen LogP contribution in [0.1, 0.15) is 37.1 Å². The molecule has 3 N–H and O–H groups in total. The van der Waals surface area contributed by atoms with Crippen molar-refractivity contribution in [3.05, 3.63) is 35.7 Å². The summed E-state index contributed by atoms with van der Waals surface area (Å²) in [4.78, 5) is 37.9. The number of carbonyl (C=O) groups excluding carboxylic acids is 2. The van der Waals surface area contributed by atoms with Gasteiger partial charge in [0.05, 0.1) is 0 Å². The number of anilines is 3. The molecule has 9 heteroatoms. The largest absolute Gasteiger partial charge is 0.456 e. The van der Waals surface area contributed by atoms with E-state index in [9.17, 15) is 9.59 Å². The van der Waals surface area contributed by atoms with Gasteiger partial charge in [-0.1, -0.05) is 24.1 Å². The number of nitrogens with one attached hydrogen (secondary N) is 1. The van der Waals surface area contributed by atoms with Crippen molar-refractivity contribution in [2.24, 2.45) is 0 Å². The smallest absolute Gasteiger partial charge is 0.326 e. The van der Waals surface area contributed by atoms with E-state index in [0.29, 0.717) is 13.0 Å². The Kier molecular flexibility index (Phi) is 6.36. The highest BCUT2D eigenvalue weighted by molar-refractivity contribution is 5.82. The van der Waals surface area contributed by atoms with Crippen LogP contribution in [-0.2, 0) is 20.9 Å². The van der Waals surface area contributed by atoms with Crippen LogP contribution in [-0.4, -0.2) is 44.8 Å². The third-order valence-corrected chi connectivity index (χ3v) is 4.36. The Hall–Kier alpha value is -3.23. The number of rotatable bonds is 6. The van der Waals surface area contributed by atoms with Gasteiger partial charge in [0.1, 0.15) is 6.54 Å². The summed E-state index contributed by atoms with van der Waals surface area (Å²) in [5.41, 5.74) is 7.67. The number of likely N-dealkylation sites (tertiary alicyclic amines) is 1. The molecule has 1 amide bonds. The number of carbonyl (C=O) groups is 2. The van der Waals surface area contributed by atoms with Crippen molar-refractivity contribution in [2.45, 2.75) is 39.2 Å². The van der Waals surface area contributed by atoms with Crippen LogP contribution in [0.2, 0.25) is 0 Å². The lowest BCUT2D eigenvalue weighted by atomic mass is 10.2. The Balaban J connectivity index is 1.57. The predicted octanol–water partition coefficient (Wildman–Crippen LogP) is 1.95. The predicted molar refractivity (Wildman–Crippen MR) is 104 cm³/mol. The molecular weight excluding hydrogens is 360 g/mol. The van der Waals surface area contributed by atoms with Gasteiger partial charge >= 0.3 is 5.97 Å². The fourth-order valence-corrected chi connectivity index (χ4v) is 2.88. The summed E-state index contributed by atoms with van der Waals surface area (Å²) in [6.07, 6.45) is 3.24. The minimum Gasteiger partial charge on any atom is -0.456 e. The molecule has 1 aromatic carbocycles. The number of nitrogens with zero attached hydrogens (tertiary/aromatic N) is 4. The van der Waals surface area contributed by atoms with E-state index in [1.807, 2.05) is 31.2 Å². The van der Waals surface area contributed by atoms with E-state index >= 15 is 0 Å². The fourth-order valence-electron chi connectivity index (χ4n) is 2.88. The Bertz CT molecular complexity index is 840. The Morgan fingerprint density at radius 2 is 1.96 bits per heavy atom. The molecule has 0 spiro atoms. The van der Waals surface area contributed by atoms with E-state index in [1.165, 1.54) is 0 Å². The molecule has 9 nitrogen and oxygen atoms in total. The van der Waals surface area contributed by atoms with Crippen molar-refractivity contribution in [3.8, 4) is 0 Å². The highest BCUT2D eigenvalue weighted by atomic mass is 16.5. The number of nitrogen functional groups attached to an aromatic ring is 1. The van der Waals surface area contributed by atoms with E-state index in [4.69, 9.17) is 10.5 Å². The number of aromatic nitrogens is 3. The number of hydrogen-bond donors (Lipinski definition) is 2. The molecule has 1 fully saturated rings. The summed E-state index contributed by atoms with van der Waals surface area (Å²) in [7, 11) is 0. The molecule has 3 rings (SSSR count). The monoisotopic (exact) mass is 384 g/mol. The first kappa shape index (κ1) is 19.5. The molecule has 0 bridgehead atoms. The van der Waals surface area contributed by atoms with Gasteiger partial charge in [-0.05, 0) is 31.9 Å². The Morgan fingerprint density at radius 1 is 1.18 bits per heavy atom. The van der Waals surface area contributed by atoms with Crippen molar-refractivity contribution in [1.29, 1.82) is 0 Å². The van der Waals surface area contributed by atoms with Crippen molar-refractivity contribution in [3.63, 3.8) is 0 Å². The van der Waals surface area contributed by atoms with Crippen LogP contribution in [0.3, 0.4) is 0 Å². The summed E-state index contributed by atoms with van der Waals surface area (Å²) in [5, 5.41) is 3.04. The van der Waals surface area contributed by atoms with Crippen molar-refractivity contribution in [2.75, 3.05) is 24.1 Å². The highest BCUT2D eigenvalue weighted by Crippen LogP contribution is 2.15. The van der Waals surface area contributed by atoms with Crippen LogP contribution in [0.5, 0.6) is 0 Å². The van der Waals surface area contributed by atoms with Crippen molar-refractivity contribution >= 4 is 29.5 Å². The molecule has 148 valence electrons.